The third-order valence-corrected chi connectivity index (χ3v) is 10.6. The molecule has 0 unspecified atom stereocenters. The van der Waals surface area contributed by atoms with E-state index in [1.54, 1.807) is 37.3 Å². The van der Waals surface area contributed by atoms with Crippen molar-refractivity contribution < 1.29 is 28.7 Å². The molecule has 0 radical (unpaired) electrons. The average molecular weight is 613 g/mol. The Morgan fingerprint density at radius 3 is 2.30 bits per heavy atom. The Morgan fingerprint density at radius 2 is 1.61 bits per heavy atom. The van der Waals surface area contributed by atoms with Crippen molar-refractivity contribution >= 4 is 46.6 Å². The largest absolute Gasteiger partial charge is 0.508 e. The highest BCUT2D eigenvalue weighted by Gasteiger charge is 2.68. The van der Waals surface area contributed by atoms with E-state index in [1.807, 2.05) is 25.1 Å². The Labute approximate surface area is 258 Å². The number of carbonyl (C=O) groups excluding carboxylic acids is 4. The minimum atomic E-state index is -1.33. The van der Waals surface area contributed by atoms with Crippen LogP contribution in [0.3, 0.4) is 0 Å². The van der Waals surface area contributed by atoms with E-state index in [0.29, 0.717) is 17.7 Å². The number of rotatable bonds is 4. The molecule has 1 N–H and O–H groups in total. The number of hydrogen-bond donors (Lipinski definition) is 1. The summed E-state index contributed by atoms with van der Waals surface area (Å²) in [7, 11) is 0. The van der Waals surface area contributed by atoms with Crippen LogP contribution in [0.1, 0.15) is 43.7 Å². The monoisotopic (exact) mass is 612 g/mol. The van der Waals surface area contributed by atoms with Gasteiger partial charge in [0.2, 0.25) is 23.6 Å². The number of amides is 4. The molecule has 44 heavy (non-hydrogen) atoms. The minimum absolute atomic E-state index is 0.0314. The van der Waals surface area contributed by atoms with Crippen LogP contribution in [-0.4, -0.2) is 28.7 Å². The molecule has 4 amide bonds. The van der Waals surface area contributed by atoms with Crippen molar-refractivity contribution in [1.29, 1.82) is 0 Å². The first-order valence-electron chi connectivity index (χ1n) is 14.9. The van der Waals surface area contributed by atoms with E-state index in [1.165, 1.54) is 23.1 Å². The first-order chi connectivity index (χ1) is 21.1. The Balaban J connectivity index is 1.35. The predicted molar refractivity (Wildman–Crippen MR) is 162 cm³/mol. The van der Waals surface area contributed by atoms with E-state index >= 15 is 0 Å². The third kappa shape index (κ3) is 3.86. The van der Waals surface area contributed by atoms with Crippen LogP contribution >= 0.6 is 11.6 Å². The Kier molecular flexibility index (Phi) is 6.55. The van der Waals surface area contributed by atoms with Gasteiger partial charge in [-0.15, -0.1) is 0 Å². The summed E-state index contributed by atoms with van der Waals surface area (Å²) in [5.41, 5.74) is 1.67. The van der Waals surface area contributed by atoms with Crippen molar-refractivity contribution in [2.24, 2.45) is 29.1 Å². The van der Waals surface area contributed by atoms with Crippen LogP contribution in [0.15, 0.2) is 78.4 Å². The number of hydrogen-bond acceptors (Lipinski definition) is 5. The maximum Gasteiger partial charge on any atom is 0.241 e. The standard InChI is InChI=1S/C35H30ClFN2O5/c1-3-18-8-10-19(11-9-18)38-31(41)23-14-13-21-24(29(23)33(38)43)17-25-32(42)39(20-12-15-27(37)26(36)16-20)34(44)35(25,2)30(21)22-6-4-5-7-28(22)40/h4-13,15-16,23-25,29-30,40H,3,14,17H2,1-2H3/t23-,24+,25-,29-,30+,35+/m0/s1. The number of aryl methyl sites for hydroxylation is 1. The van der Waals surface area contributed by atoms with Crippen LogP contribution in [0.4, 0.5) is 15.8 Å². The minimum Gasteiger partial charge on any atom is -0.508 e. The zero-order valence-electron chi connectivity index (χ0n) is 24.2. The quantitative estimate of drug-likeness (QED) is 0.280. The summed E-state index contributed by atoms with van der Waals surface area (Å²) in [6, 6.07) is 17.8. The van der Waals surface area contributed by atoms with Crippen molar-refractivity contribution in [2.45, 2.75) is 39.0 Å². The second-order valence-electron chi connectivity index (χ2n) is 12.4. The SMILES string of the molecule is CCc1ccc(N2C(=O)[C@H]3[C@H](CC=C4[C@H]3C[C@H]3C(=O)N(c5ccc(F)c(Cl)c5)C(=O)[C@@]3(C)[C@H]4c3ccccc3O)C2=O)cc1. The number of para-hydroxylation sites is 1. The lowest BCUT2D eigenvalue weighted by Gasteiger charge is -2.49. The molecular weight excluding hydrogens is 583 g/mol. The number of aromatic hydroxyl groups is 1. The summed E-state index contributed by atoms with van der Waals surface area (Å²) in [6.07, 6.45) is 3.24. The van der Waals surface area contributed by atoms with Gasteiger partial charge in [0.05, 0.1) is 39.6 Å². The van der Waals surface area contributed by atoms with Crippen molar-refractivity contribution in [3.05, 3.63) is 100 Å². The summed E-state index contributed by atoms with van der Waals surface area (Å²) in [6.45, 7) is 3.76. The first-order valence-corrected chi connectivity index (χ1v) is 15.2. The van der Waals surface area contributed by atoms with Crippen LogP contribution in [0, 0.1) is 34.9 Å². The molecule has 0 aromatic heterocycles. The number of halogens is 2. The van der Waals surface area contributed by atoms with Gasteiger partial charge in [0.1, 0.15) is 11.6 Å². The van der Waals surface area contributed by atoms with E-state index in [0.717, 1.165) is 28.5 Å². The summed E-state index contributed by atoms with van der Waals surface area (Å²) in [4.78, 5) is 58.8. The number of allylic oxidation sites excluding steroid dienone is 2. The Morgan fingerprint density at radius 1 is 0.909 bits per heavy atom. The van der Waals surface area contributed by atoms with Crippen LogP contribution in [0.25, 0.3) is 0 Å². The van der Waals surface area contributed by atoms with Gasteiger partial charge in [-0.25, -0.2) is 9.29 Å². The highest BCUT2D eigenvalue weighted by molar-refractivity contribution is 6.32. The molecule has 2 aliphatic carbocycles. The molecule has 2 heterocycles. The molecule has 3 aromatic rings. The molecule has 4 aliphatic rings. The Hall–Kier alpha value is -4.30. The van der Waals surface area contributed by atoms with E-state index in [2.05, 4.69) is 0 Å². The second kappa shape index (κ2) is 10.1. The number of imide groups is 2. The molecule has 224 valence electrons. The lowest BCUT2D eigenvalue weighted by atomic mass is 9.51. The summed E-state index contributed by atoms with van der Waals surface area (Å²) in [5, 5.41) is 10.9. The third-order valence-electron chi connectivity index (χ3n) is 10.3. The lowest BCUT2D eigenvalue weighted by Crippen LogP contribution is -2.48. The number of fused-ring (bicyclic) bond motifs is 4. The molecule has 3 fully saturated rings. The highest BCUT2D eigenvalue weighted by atomic mass is 35.5. The van der Waals surface area contributed by atoms with E-state index in [4.69, 9.17) is 11.6 Å². The number of carbonyl (C=O) groups is 4. The van der Waals surface area contributed by atoms with Gasteiger partial charge in [0.25, 0.3) is 0 Å². The zero-order valence-corrected chi connectivity index (χ0v) is 24.9. The smallest absolute Gasteiger partial charge is 0.241 e. The molecule has 3 aromatic carbocycles. The molecule has 0 bridgehead atoms. The van der Waals surface area contributed by atoms with Crippen LogP contribution in [0.5, 0.6) is 5.75 Å². The van der Waals surface area contributed by atoms with Crippen molar-refractivity contribution in [3.8, 4) is 5.75 Å². The molecule has 7 nitrogen and oxygen atoms in total. The topological polar surface area (TPSA) is 95.0 Å². The number of anilines is 2. The highest BCUT2D eigenvalue weighted by Crippen LogP contribution is 2.64. The van der Waals surface area contributed by atoms with E-state index in [9.17, 15) is 28.7 Å². The fourth-order valence-corrected chi connectivity index (χ4v) is 8.27. The van der Waals surface area contributed by atoms with Crippen LogP contribution < -0.4 is 9.80 Å². The fraction of sp³-hybridized carbons (Fsp3) is 0.314. The normalized spacial score (nSPS) is 29.5. The molecule has 9 heteroatoms. The maximum absolute atomic E-state index is 14.4. The van der Waals surface area contributed by atoms with Gasteiger partial charge in [0.15, 0.2) is 0 Å². The summed E-state index contributed by atoms with van der Waals surface area (Å²) >= 11 is 6.05. The van der Waals surface area contributed by atoms with Gasteiger partial charge in [0, 0.05) is 11.5 Å². The second-order valence-corrected chi connectivity index (χ2v) is 12.8. The van der Waals surface area contributed by atoms with Gasteiger partial charge in [-0.1, -0.05) is 60.5 Å². The summed E-state index contributed by atoms with van der Waals surface area (Å²) < 4.78 is 14.0. The number of phenolic OH excluding ortho intramolecular Hbond substituents is 1. The van der Waals surface area contributed by atoms with Crippen LogP contribution in [0.2, 0.25) is 5.02 Å². The van der Waals surface area contributed by atoms with E-state index in [-0.39, 0.29) is 34.7 Å². The average Bonchev–Trinajstić information content (AvgIpc) is 3.38. The van der Waals surface area contributed by atoms with Crippen molar-refractivity contribution in [1.82, 2.24) is 0 Å². The molecular formula is C35H30ClFN2O5. The number of phenols is 1. The molecule has 6 atom stereocenters. The first kappa shape index (κ1) is 28.5. The Bertz CT molecular complexity index is 1790. The molecule has 0 spiro atoms. The van der Waals surface area contributed by atoms with Crippen LogP contribution in [-0.2, 0) is 25.6 Å². The van der Waals surface area contributed by atoms with Gasteiger partial charge >= 0.3 is 0 Å². The van der Waals surface area contributed by atoms with Gasteiger partial charge < -0.3 is 5.11 Å². The number of benzene rings is 3. The van der Waals surface area contributed by atoms with Crippen molar-refractivity contribution in [2.75, 3.05) is 9.80 Å². The summed E-state index contributed by atoms with van der Waals surface area (Å²) in [5.74, 6) is -5.72. The van der Waals surface area contributed by atoms with Crippen molar-refractivity contribution in [3.63, 3.8) is 0 Å². The van der Waals surface area contributed by atoms with Gasteiger partial charge in [-0.2, -0.15) is 0 Å². The van der Waals surface area contributed by atoms with Gasteiger partial charge in [-0.3, -0.25) is 24.1 Å². The maximum atomic E-state index is 14.4. The van der Waals surface area contributed by atoms with Gasteiger partial charge in [-0.05, 0) is 74.1 Å². The fourth-order valence-electron chi connectivity index (χ4n) is 8.10. The molecule has 2 saturated heterocycles. The lowest BCUT2D eigenvalue weighted by molar-refractivity contribution is -0.131. The molecule has 2 aliphatic heterocycles. The molecule has 7 rings (SSSR count). The molecule has 1 saturated carbocycles. The number of nitrogens with zero attached hydrogens (tertiary/aromatic N) is 2. The zero-order chi connectivity index (χ0) is 31.1. The van der Waals surface area contributed by atoms with E-state index < -0.39 is 52.6 Å². The predicted octanol–water partition coefficient (Wildman–Crippen LogP) is 6.18.